The van der Waals surface area contributed by atoms with Crippen LogP contribution in [0.3, 0.4) is 0 Å². The number of hydrogen-bond donors (Lipinski definition) is 5. The van der Waals surface area contributed by atoms with E-state index in [0.717, 1.165) is 17.0 Å². The van der Waals surface area contributed by atoms with Gasteiger partial charge in [-0.1, -0.05) is 74.5 Å². The van der Waals surface area contributed by atoms with E-state index in [1.165, 1.54) is 36.7 Å². The molecule has 1 saturated heterocycles. The molecule has 1 aliphatic rings. The molecule has 2 unspecified atom stereocenters. The number of thioether (sulfide) groups is 1. The molecule has 0 saturated carbocycles. The molecular formula is C38H37F3N8O6S3. The Labute approximate surface area is 337 Å². The van der Waals surface area contributed by atoms with E-state index in [-0.39, 0.29) is 47.1 Å². The van der Waals surface area contributed by atoms with Crippen molar-refractivity contribution in [3.05, 3.63) is 144 Å². The molecular weight excluding hydrogens is 818 g/mol. The molecule has 1 aliphatic heterocycles. The molecule has 0 spiro atoms. The Morgan fingerprint density at radius 2 is 1.16 bits per heavy atom. The number of rotatable bonds is 16. The van der Waals surface area contributed by atoms with Gasteiger partial charge in [-0.2, -0.15) is 39.5 Å². The average Bonchev–Trinajstić information content (AvgIpc) is 3.46. The number of pyridine rings is 2. The zero-order valence-electron chi connectivity index (χ0n) is 30.8. The van der Waals surface area contributed by atoms with Gasteiger partial charge in [-0.25, -0.2) is 19.7 Å². The Kier molecular flexibility index (Phi) is 12.4. The summed E-state index contributed by atoms with van der Waals surface area (Å²) in [6.45, 7) is 3.26. The largest absolute Gasteiger partial charge is 0.446 e. The second kappa shape index (κ2) is 17.1. The maximum Gasteiger partial charge on any atom is 0.446 e. The van der Waals surface area contributed by atoms with E-state index < -0.39 is 55.2 Å². The monoisotopic (exact) mass is 854 g/mol. The molecule has 6 rings (SSSR count). The van der Waals surface area contributed by atoms with Crippen LogP contribution in [-0.2, 0) is 38.3 Å². The number of carbonyl (C=O) groups excluding carboxylic acids is 2. The molecule has 5 N–H and O–H groups in total. The first-order chi connectivity index (χ1) is 27.4. The zero-order valence-corrected chi connectivity index (χ0v) is 33.2. The van der Waals surface area contributed by atoms with Crippen LogP contribution in [0.2, 0.25) is 0 Å². The van der Waals surface area contributed by atoms with E-state index in [0.29, 0.717) is 22.3 Å². The number of amides is 3. The lowest BCUT2D eigenvalue weighted by molar-refractivity contribution is -0.123. The third kappa shape index (κ3) is 10.1. The van der Waals surface area contributed by atoms with Gasteiger partial charge < -0.3 is 5.32 Å². The highest BCUT2D eigenvalue weighted by Gasteiger charge is 2.58. The smallest absolute Gasteiger partial charge is 0.322 e. The van der Waals surface area contributed by atoms with Gasteiger partial charge in [-0.3, -0.25) is 14.2 Å². The van der Waals surface area contributed by atoms with Gasteiger partial charge in [0.05, 0.1) is 5.69 Å². The SMILES string of the molecule is CC(c1ccnc(NS(=O)(=O)NCc2ccccc2)c1)C1(C(C)c2ccnc(NS(=O)(=O)NCc3ccccc3)c2)NC(=O)N(c2ccc(SC(F)(F)F)cc2)C1=O. The molecule has 0 bridgehead atoms. The molecule has 1 fully saturated rings. The second-order valence-electron chi connectivity index (χ2n) is 13.2. The summed E-state index contributed by atoms with van der Waals surface area (Å²) in [7, 11) is -8.27. The Bertz CT molecular complexity index is 2360. The van der Waals surface area contributed by atoms with Crippen molar-refractivity contribution in [1.29, 1.82) is 0 Å². The molecule has 20 heteroatoms. The molecule has 3 aromatic carbocycles. The fourth-order valence-corrected chi connectivity index (χ4v) is 8.69. The third-order valence-corrected chi connectivity index (χ3v) is 12.2. The standard InChI is InChI=1S/C38H37F3N8O6S3/c1-25(29-17-19-42-33(21-29)47-57(52,53)44-23-27-9-5-3-6-10-27)37(35(50)49(36(51)46-37)31-13-15-32(16-14-31)56-38(39,40)41)26(2)30-18-20-43-34(22-30)48-58(54,55)45-24-28-11-7-4-8-12-28/h3-22,25-26,44-45H,23-24H2,1-2H3,(H,42,47)(H,43,48)(H,46,51). The Morgan fingerprint density at radius 1 is 0.707 bits per heavy atom. The molecule has 0 aliphatic carbocycles. The zero-order chi connectivity index (χ0) is 41.7. The van der Waals surface area contributed by atoms with Gasteiger partial charge in [-0.15, -0.1) is 0 Å². The first kappa shape index (κ1) is 42.1. The normalized spacial score (nSPS) is 17.1. The lowest BCUT2D eigenvalue weighted by atomic mass is 9.70. The number of urea groups is 1. The van der Waals surface area contributed by atoms with E-state index in [1.807, 2.05) is 0 Å². The van der Waals surface area contributed by atoms with Gasteiger partial charge >= 0.3 is 32.0 Å². The fraction of sp³-hybridized carbons (Fsp3) is 0.211. The van der Waals surface area contributed by atoms with Crippen LogP contribution in [0.1, 0.15) is 47.9 Å². The molecule has 3 heterocycles. The summed E-state index contributed by atoms with van der Waals surface area (Å²) in [6, 6.07) is 27.4. The minimum Gasteiger partial charge on any atom is -0.322 e. The molecule has 14 nitrogen and oxygen atoms in total. The lowest BCUT2D eigenvalue weighted by Crippen LogP contribution is -2.55. The number of alkyl halides is 3. The van der Waals surface area contributed by atoms with E-state index >= 15 is 0 Å². The molecule has 304 valence electrons. The maximum atomic E-state index is 14.8. The highest BCUT2D eigenvalue weighted by molar-refractivity contribution is 8.00. The topological polar surface area (TPSA) is 192 Å². The number of anilines is 3. The number of aromatic nitrogens is 2. The number of halogens is 3. The van der Waals surface area contributed by atoms with Crippen molar-refractivity contribution >= 4 is 61.4 Å². The number of imide groups is 1. The summed E-state index contributed by atoms with van der Waals surface area (Å²) in [6.07, 6.45) is 2.66. The molecule has 2 aromatic heterocycles. The Morgan fingerprint density at radius 3 is 1.59 bits per heavy atom. The highest BCUT2D eigenvalue weighted by Crippen LogP contribution is 2.46. The molecule has 5 aromatic rings. The lowest BCUT2D eigenvalue weighted by Gasteiger charge is -2.39. The van der Waals surface area contributed by atoms with Crippen molar-refractivity contribution in [3.8, 4) is 0 Å². The van der Waals surface area contributed by atoms with Crippen molar-refractivity contribution in [1.82, 2.24) is 24.7 Å². The van der Waals surface area contributed by atoms with Crippen LogP contribution < -0.4 is 29.1 Å². The van der Waals surface area contributed by atoms with Crippen LogP contribution >= 0.6 is 11.8 Å². The van der Waals surface area contributed by atoms with E-state index in [1.54, 1.807) is 86.6 Å². The average molecular weight is 855 g/mol. The summed E-state index contributed by atoms with van der Waals surface area (Å²) in [5.41, 5.74) is -4.25. The number of hydrogen-bond acceptors (Lipinski definition) is 9. The van der Waals surface area contributed by atoms with Gasteiger partial charge in [0.15, 0.2) is 0 Å². The van der Waals surface area contributed by atoms with Crippen LogP contribution in [0.25, 0.3) is 0 Å². The predicted molar refractivity (Wildman–Crippen MR) is 214 cm³/mol. The van der Waals surface area contributed by atoms with Crippen molar-refractivity contribution in [3.63, 3.8) is 0 Å². The summed E-state index contributed by atoms with van der Waals surface area (Å²) in [5, 5.41) is 2.84. The fourth-order valence-electron chi connectivity index (χ4n) is 6.52. The maximum absolute atomic E-state index is 14.8. The van der Waals surface area contributed by atoms with Gasteiger partial charge in [-0.05, 0) is 82.5 Å². The summed E-state index contributed by atoms with van der Waals surface area (Å²) in [4.78, 5) is 37.7. The minimum absolute atomic E-state index is 0.00404. The van der Waals surface area contributed by atoms with Crippen molar-refractivity contribution in [2.24, 2.45) is 0 Å². The number of nitrogens with one attached hydrogen (secondary N) is 5. The Balaban J connectivity index is 1.32. The van der Waals surface area contributed by atoms with Crippen LogP contribution in [-0.4, -0.2) is 49.8 Å². The third-order valence-electron chi connectivity index (χ3n) is 9.43. The van der Waals surface area contributed by atoms with Crippen LogP contribution in [0, 0.1) is 0 Å². The molecule has 58 heavy (non-hydrogen) atoms. The van der Waals surface area contributed by atoms with Crippen molar-refractivity contribution in [2.45, 2.75) is 54.7 Å². The van der Waals surface area contributed by atoms with Crippen LogP contribution in [0.5, 0.6) is 0 Å². The number of carbonyl (C=O) groups is 2. The van der Waals surface area contributed by atoms with Crippen LogP contribution in [0.4, 0.5) is 35.3 Å². The molecule has 0 radical (unpaired) electrons. The van der Waals surface area contributed by atoms with Gasteiger partial charge in [0.2, 0.25) is 0 Å². The number of benzene rings is 3. The molecule has 3 amide bonds. The quantitative estimate of drug-likeness (QED) is 0.0554. The van der Waals surface area contributed by atoms with Crippen LogP contribution in [0.15, 0.2) is 126 Å². The number of nitrogens with zero attached hydrogens (tertiary/aromatic N) is 3. The van der Waals surface area contributed by atoms with E-state index in [9.17, 15) is 39.6 Å². The van der Waals surface area contributed by atoms with E-state index in [2.05, 4.69) is 34.2 Å². The van der Waals surface area contributed by atoms with Gasteiger partial charge in [0, 0.05) is 42.2 Å². The first-order valence-corrected chi connectivity index (χ1v) is 21.3. The van der Waals surface area contributed by atoms with Gasteiger partial charge in [0.25, 0.3) is 5.91 Å². The first-order valence-electron chi connectivity index (χ1n) is 17.5. The molecule has 2 atom stereocenters. The summed E-state index contributed by atoms with van der Waals surface area (Å²) < 4.78 is 101. The summed E-state index contributed by atoms with van der Waals surface area (Å²) in [5.74, 6) is -2.84. The van der Waals surface area contributed by atoms with Crippen molar-refractivity contribution in [2.75, 3.05) is 14.3 Å². The van der Waals surface area contributed by atoms with Crippen molar-refractivity contribution < 1.29 is 39.6 Å². The van der Waals surface area contributed by atoms with Gasteiger partial charge in [0.1, 0.15) is 17.2 Å². The Hall–Kier alpha value is -5.54. The van der Waals surface area contributed by atoms with E-state index in [4.69, 9.17) is 0 Å². The second-order valence-corrected chi connectivity index (χ2v) is 17.3. The predicted octanol–water partition coefficient (Wildman–Crippen LogP) is 6.38. The highest BCUT2D eigenvalue weighted by atomic mass is 32.2. The minimum atomic E-state index is -4.56. The summed E-state index contributed by atoms with van der Waals surface area (Å²) >= 11 is -0.351.